The highest BCUT2D eigenvalue weighted by molar-refractivity contribution is 6.35. The maximum atomic E-state index is 11.5. The quantitative estimate of drug-likeness (QED) is 0.416. The van der Waals surface area contributed by atoms with Crippen LogP contribution in [0.15, 0.2) is 42.7 Å². The molecule has 1 aliphatic carbocycles. The van der Waals surface area contributed by atoms with Crippen molar-refractivity contribution in [2.24, 2.45) is 17.8 Å². The molecular weight excluding hydrogens is 551 g/mol. The number of aliphatic carboxylic acids is 1. The number of fused-ring (bicyclic) bond motifs is 1. The third kappa shape index (κ3) is 6.17. The number of pyridine rings is 1. The van der Waals surface area contributed by atoms with Crippen LogP contribution in [0.25, 0.3) is 11.3 Å². The number of carboxylic acid groups (broad SMARTS) is 1. The Balaban J connectivity index is 1.21. The maximum absolute atomic E-state index is 11.5. The highest BCUT2D eigenvalue weighted by Gasteiger charge is 2.54. The Morgan fingerprint density at radius 3 is 2.23 bits per heavy atom. The number of rotatable bonds is 7. The van der Waals surface area contributed by atoms with E-state index < -0.39 is 5.97 Å². The van der Waals surface area contributed by atoms with Crippen molar-refractivity contribution in [3.63, 3.8) is 0 Å². The normalized spacial score (nSPS) is 23.4. The number of likely N-dealkylation sites (tertiary alicyclic amines) is 1. The van der Waals surface area contributed by atoms with Crippen LogP contribution in [0.5, 0.6) is 11.6 Å². The predicted molar refractivity (Wildman–Crippen MR) is 154 cm³/mol. The van der Waals surface area contributed by atoms with E-state index in [-0.39, 0.29) is 5.92 Å². The lowest BCUT2D eigenvalue weighted by Crippen LogP contribution is -2.45. The Kier molecular flexibility index (Phi) is 7.81. The average Bonchev–Trinajstić information content (AvgIpc) is 3.66. The van der Waals surface area contributed by atoms with Crippen molar-refractivity contribution in [2.45, 2.75) is 19.4 Å². The van der Waals surface area contributed by atoms with E-state index in [1.807, 2.05) is 24.3 Å². The van der Waals surface area contributed by atoms with Gasteiger partial charge in [-0.3, -0.25) is 9.69 Å². The van der Waals surface area contributed by atoms with Gasteiger partial charge in [0, 0.05) is 54.4 Å². The molecule has 2 aliphatic heterocycles. The average molecular weight is 584 g/mol. The summed E-state index contributed by atoms with van der Waals surface area (Å²) < 4.78 is 6.17. The summed E-state index contributed by atoms with van der Waals surface area (Å²) in [5.41, 5.74) is 2.54. The van der Waals surface area contributed by atoms with E-state index in [1.165, 1.54) is 0 Å². The number of hydrogen-bond donors (Lipinski definition) is 1. The first-order chi connectivity index (χ1) is 19.3. The molecule has 0 amide bonds. The number of halogens is 2. The van der Waals surface area contributed by atoms with Crippen molar-refractivity contribution in [3.05, 3.63) is 58.3 Å². The Hall–Kier alpha value is -2.98. The van der Waals surface area contributed by atoms with Gasteiger partial charge in [0.1, 0.15) is 0 Å². The zero-order valence-corrected chi connectivity index (χ0v) is 23.9. The lowest BCUT2D eigenvalue weighted by molar-refractivity contribution is -0.139. The number of carbonyl (C=O) groups is 1. The van der Waals surface area contributed by atoms with Gasteiger partial charge < -0.3 is 19.6 Å². The molecule has 6 rings (SSSR count). The first kappa shape index (κ1) is 27.2. The van der Waals surface area contributed by atoms with Gasteiger partial charge in [-0.1, -0.05) is 23.2 Å². The molecule has 1 N–H and O–H groups in total. The minimum absolute atomic E-state index is 0.160. The molecule has 2 aromatic heterocycles. The topological polar surface area (TPSA) is 94.9 Å². The van der Waals surface area contributed by atoms with Gasteiger partial charge >= 0.3 is 5.97 Å². The zero-order valence-electron chi connectivity index (χ0n) is 22.3. The van der Waals surface area contributed by atoms with E-state index in [4.69, 9.17) is 32.9 Å². The van der Waals surface area contributed by atoms with E-state index in [2.05, 4.69) is 31.7 Å². The highest BCUT2D eigenvalue weighted by Crippen LogP contribution is 2.52. The molecular formula is C29H32Cl2N6O3. The molecule has 3 aromatic rings. The molecule has 11 heteroatoms. The van der Waals surface area contributed by atoms with Gasteiger partial charge in [0.15, 0.2) is 5.75 Å². The van der Waals surface area contributed by atoms with Crippen LogP contribution in [0.2, 0.25) is 10.0 Å². The molecule has 210 valence electrons. The number of ether oxygens (including phenoxy) is 1. The summed E-state index contributed by atoms with van der Waals surface area (Å²) in [6, 6.07) is 9.34. The first-order valence-corrected chi connectivity index (χ1v) is 14.4. The molecule has 1 saturated carbocycles. The Bertz CT molecular complexity index is 1350. The molecule has 3 aliphatic rings. The van der Waals surface area contributed by atoms with Gasteiger partial charge in [0.2, 0.25) is 11.8 Å². The van der Waals surface area contributed by atoms with Crippen LogP contribution in [0.4, 0.5) is 5.95 Å². The van der Waals surface area contributed by atoms with Crippen molar-refractivity contribution in [3.8, 4) is 22.9 Å². The summed E-state index contributed by atoms with van der Waals surface area (Å²) in [5, 5.41) is 10.5. The third-order valence-electron chi connectivity index (χ3n) is 8.22. The monoisotopic (exact) mass is 582 g/mol. The Morgan fingerprint density at radius 2 is 1.60 bits per heavy atom. The van der Waals surface area contributed by atoms with E-state index in [0.717, 1.165) is 63.2 Å². The van der Waals surface area contributed by atoms with Crippen LogP contribution >= 0.6 is 23.2 Å². The summed E-state index contributed by atoms with van der Waals surface area (Å²) in [6.45, 7) is 6.17. The van der Waals surface area contributed by atoms with Crippen LogP contribution < -0.4 is 9.64 Å². The summed E-state index contributed by atoms with van der Waals surface area (Å²) >= 11 is 12.6. The molecule has 3 fully saturated rings. The van der Waals surface area contributed by atoms with Crippen molar-refractivity contribution >= 4 is 35.1 Å². The molecule has 9 nitrogen and oxygen atoms in total. The van der Waals surface area contributed by atoms with Gasteiger partial charge in [-0.15, -0.1) is 0 Å². The maximum Gasteiger partial charge on any atom is 0.307 e. The fraction of sp³-hybridized carbons (Fsp3) is 0.448. The van der Waals surface area contributed by atoms with Crippen LogP contribution in [0.3, 0.4) is 0 Å². The SMILES string of the molecule is CN1CCN(c2ncc(Oc3cc(CN4CCC5C(CC4)C5C(=O)O)cc(-c4cc(Cl)cc(Cl)c4)n3)cn2)CC1. The van der Waals surface area contributed by atoms with Crippen molar-refractivity contribution in [1.82, 2.24) is 24.8 Å². The number of piperazine rings is 1. The standard InChI is InChI=1S/C29H32Cl2N6O3/c1-35-6-8-37(9-7-35)29-32-15-22(16-33-29)40-26-11-18(10-25(34-26)19-12-20(30)14-21(31)13-19)17-36-4-2-23-24(3-5-36)27(23)28(38)39/h10-16,23-24,27H,2-9,17H2,1H3,(H,38,39). The largest absolute Gasteiger partial charge is 0.481 e. The summed E-state index contributed by atoms with van der Waals surface area (Å²) in [4.78, 5) is 32.2. The number of benzene rings is 1. The number of likely N-dealkylation sites (N-methyl/N-ethyl adjacent to an activating group) is 1. The Labute approximate surface area is 243 Å². The van der Waals surface area contributed by atoms with Crippen LogP contribution in [-0.4, -0.2) is 82.1 Å². The number of nitrogens with zero attached hydrogens (tertiary/aromatic N) is 6. The third-order valence-corrected chi connectivity index (χ3v) is 8.66. The van der Waals surface area contributed by atoms with E-state index >= 15 is 0 Å². The number of hydrogen-bond acceptors (Lipinski definition) is 8. The Morgan fingerprint density at radius 1 is 0.950 bits per heavy atom. The minimum Gasteiger partial charge on any atom is -0.481 e. The van der Waals surface area contributed by atoms with Gasteiger partial charge in [-0.2, -0.15) is 0 Å². The highest BCUT2D eigenvalue weighted by atomic mass is 35.5. The predicted octanol–water partition coefficient (Wildman–Crippen LogP) is 4.93. The smallest absolute Gasteiger partial charge is 0.307 e. The molecule has 2 saturated heterocycles. The number of anilines is 1. The fourth-order valence-corrected chi connectivity index (χ4v) is 6.52. The summed E-state index contributed by atoms with van der Waals surface area (Å²) in [6.07, 6.45) is 5.18. The van der Waals surface area contributed by atoms with Crippen LogP contribution in [0.1, 0.15) is 18.4 Å². The second-order valence-electron chi connectivity index (χ2n) is 11.0. The van der Waals surface area contributed by atoms with E-state index in [0.29, 0.717) is 51.7 Å². The second kappa shape index (κ2) is 11.5. The molecule has 4 heterocycles. The first-order valence-electron chi connectivity index (χ1n) is 13.7. The van der Waals surface area contributed by atoms with Gasteiger partial charge in [0.05, 0.1) is 24.0 Å². The molecule has 1 aromatic carbocycles. The van der Waals surface area contributed by atoms with Gasteiger partial charge in [0.25, 0.3) is 0 Å². The zero-order chi connectivity index (χ0) is 27.8. The molecule has 2 unspecified atom stereocenters. The van der Waals surface area contributed by atoms with Crippen LogP contribution in [-0.2, 0) is 11.3 Å². The second-order valence-corrected chi connectivity index (χ2v) is 11.9. The van der Waals surface area contributed by atoms with Gasteiger partial charge in [-0.05, 0) is 74.6 Å². The van der Waals surface area contributed by atoms with Crippen molar-refractivity contribution in [2.75, 3.05) is 51.2 Å². The molecule has 0 radical (unpaired) electrons. The number of aromatic nitrogens is 3. The van der Waals surface area contributed by atoms with Crippen LogP contribution in [0, 0.1) is 17.8 Å². The molecule has 40 heavy (non-hydrogen) atoms. The summed E-state index contributed by atoms with van der Waals surface area (Å²) in [7, 11) is 2.12. The van der Waals surface area contributed by atoms with E-state index in [1.54, 1.807) is 18.5 Å². The molecule has 0 spiro atoms. The lowest BCUT2D eigenvalue weighted by Gasteiger charge is -2.32. The molecule has 2 atom stereocenters. The van der Waals surface area contributed by atoms with Crippen molar-refractivity contribution < 1.29 is 14.6 Å². The summed E-state index contributed by atoms with van der Waals surface area (Å²) in [5.74, 6) is 1.43. The number of carboxylic acids is 1. The fourth-order valence-electron chi connectivity index (χ4n) is 5.99. The van der Waals surface area contributed by atoms with E-state index in [9.17, 15) is 9.90 Å². The van der Waals surface area contributed by atoms with Gasteiger partial charge in [-0.25, -0.2) is 15.0 Å². The molecule has 0 bridgehead atoms. The lowest BCUT2D eigenvalue weighted by atomic mass is 10.1. The van der Waals surface area contributed by atoms with Crippen molar-refractivity contribution in [1.29, 1.82) is 0 Å². The minimum atomic E-state index is -0.648.